The molecule has 0 radical (unpaired) electrons. The molecule has 0 fully saturated rings. The summed E-state index contributed by atoms with van der Waals surface area (Å²) in [7, 11) is 0. The first-order valence-electron chi connectivity index (χ1n) is 18.6. The number of allylic oxidation sites excluding steroid dienone is 9. The maximum atomic E-state index is 5.33. The van der Waals surface area contributed by atoms with Crippen LogP contribution in [0.25, 0.3) is 77.6 Å². The molecule has 0 amide bonds. The molecule has 2 heterocycles. The third-order valence-corrected chi connectivity index (χ3v) is 11.4. The lowest BCUT2D eigenvalue weighted by Gasteiger charge is -2.33. The third kappa shape index (κ3) is 4.81. The van der Waals surface area contributed by atoms with E-state index in [4.69, 9.17) is 9.97 Å². The molecule has 8 aromatic rings. The fourth-order valence-electron chi connectivity index (χ4n) is 8.96. The molecule has 0 spiro atoms. The van der Waals surface area contributed by atoms with Crippen molar-refractivity contribution in [1.82, 2.24) is 14.5 Å². The topological polar surface area (TPSA) is 30.7 Å². The van der Waals surface area contributed by atoms with Crippen LogP contribution in [0, 0.1) is 5.92 Å². The second kappa shape index (κ2) is 12.0. The first-order valence-corrected chi connectivity index (χ1v) is 18.6. The van der Waals surface area contributed by atoms with Crippen molar-refractivity contribution < 1.29 is 0 Å². The molecule has 6 aromatic carbocycles. The Morgan fingerprint density at radius 3 is 2.26 bits per heavy atom. The van der Waals surface area contributed by atoms with E-state index < -0.39 is 0 Å². The van der Waals surface area contributed by atoms with Crippen molar-refractivity contribution in [3.05, 3.63) is 192 Å². The quantitative estimate of drug-likeness (QED) is 0.186. The smallest absolute Gasteiger partial charge is 0.160 e. The summed E-state index contributed by atoms with van der Waals surface area (Å²) < 4.78 is 2.61. The van der Waals surface area contributed by atoms with Crippen LogP contribution in [-0.2, 0) is 6.42 Å². The van der Waals surface area contributed by atoms with Crippen molar-refractivity contribution in [1.29, 1.82) is 0 Å². The zero-order valence-corrected chi connectivity index (χ0v) is 29.2. The van der Waals surface area contributed by atoms with E-state index in [1.807, 2.05) is 0 Å². The van der Waals surface area contributed by atoms with Crippen LogP contribution < -0.4 is 0 Å². The van der Waals surface area contributed by atoms with Crippen LogP contribution in [0.5, 0.6) is 0 Å². The number of hydrogen-bond donors (Lipinski definition) is 0. The SMILES string of the molecule is C1=CC2C(=CC=CC2n2c3ccc4c(c3c3c5ccccc5ccc32)C=CCC4)C(c2cc(-c3ccccc3)nc(-c3ccc4ccccc4c3)n2)=C1. The van der Waals surface area contributed by atoms with Gasteiger partial charge in [-0.15, -0.1) is 0 Å². The van der Waals surface area contributed by atoms with E-state index in [-0.39, 0.29) is 12.0 Å². The molecule has 2 unspecified atom stereocenters. The average Bonchev–Trinajstić information content (AvgIpc) is 3.58. The molecule has 0 saturated carbocycles. The molecule has 3 aliphatic rings. The number of nitrogens with zero attached hydrogens (tertiary/aromatic N) is 3. The Morgan fingerprint density at radius 2 is 1.34 bits per heavy atom. The van der Waals surface area contributed by atoms with Gasteiger partial charge in [0.05, 0.1) is 28.5 Å². The van der Waals surface area contributed by atoms with Crippen LogP contribution in [0.4, 0.5) is 0 Å². The van der Waals surface area contributed by atoms with E-state index in [9.17, 15) is 0 Å². The Balaban J connectivity index is 1.08. The molecule has 0 N–H and O–H groups in total. The molecular weight excluding hydrogens is 643 g/mol. The van der Waals surface area contributed by atoms with Gasteiger partial charge in [-0.3, -0.25) is 0 Å². The minimum absolute atomic E-state index is 0.0807. The molecule has 3 aliphatic carbocycles. The van der Waals surface area contributed by atoms with Crippen LogP contribution in [-0.4, -0.2) is 14.5 Å². The Kier molecular flexibility index (Phi) is 6.81. The zero-order chi connectivity index (χ0) is 34.9. The Bertz CT molecular complexity index is 2950. The van der Waals surface area contributed by atoms with Gasteiger partial charge in [-0.25, -0.2) is 9.97 Å². The van der Waals surface area contributed by atoms with Gasteiger partial charge in [0.25, 0.3) is 0 Å². The summed E-state index contributed by atoms with van der Waals surface area (Å²) in [6.45, 7) is 0. The molecule has 2 atom stereocenters. The standard InChI is InChI=1S/C50H35N3/c1-2-15-35(16-3-1)43-31-44(52-50(51-43)37-25-24-32-12-4-5-17-36(32)30-37)41-21-10-22-42-40(41)20-11-23-45(42)53-46-28-26-33-13-6-8-18-38(33)48(46)49-39-19-9-7-14-34(39)27-29-47(49)53/h1-6,8-13,15-31,42,45H,7,14H2. The van der Waals surface area contributed by atoms with Crippen LogP contribution in [0.3, 0.4) is 0 Å². The highest BCUT2D eigenvalue weighted by atomic mass is 15.0. The van der Waals surface area contributed by atoms with Gasteiger partial charge < -0.3 is 4.57 Å². The fraction of sp³-hybridized carbons (Fsp3) is 0.0800. The summed E-state index contributed by atoms with van der Waals surface area (Å²) in [6, 6.07) is 45.9. The lowest BCUT2D eigenvalue weighted by atomic mass is 9.78. The molecule has 3 heteroatoms. The van der Waals surface area contributed by atoms with Gasteiger partial charge in [0.2, 0.25) is 0 Å². The lowest BCUT2D eigenvalue weighted by molar-refractivity contribution is 0.536. The highest BCUT2D eigenvalue weighted by Gasteiger charge is 2.32. The number of hydrogen-bond acceptors (Lipinski definition) is 2. The Labute approximate surface area is 308 Å². The van der Waals surface area contributed by atoms with Crippen LogP contribution in [0.2, 0.25) is 0 Å². The largest absolute Gasteiger partial charge is 0.332 e. The first-order chi connectivity index (χ1) is 26.3. The molecular formula is C50H35N3. The van der Waals surface area contributed by atoms with Crippen LogP contribution in [0.15, 0.2) is 175 Å². The van der Waals surface area contributed by atoms with Crippen molar-refractivity contribution in [2.45, 2.75) is 18.9 Å². The van der Waals surface area contributed by atoms with Crippen LogP contribution >= 0.6 is 0 Å². The molecule has 2 aromatic heterocycles. The molecule has 11 rings (SSSR count). The van der Waals surface area contributed by atoms with Crippen LogP contribution in [0.1, 0.15) is 29.3 Å². The lowest BCUT2D eigenvalue weighted by Crippen LogP contribution is -2.22. The van der Waals surface area contributed by atoms with Crippen molar-refractivity contribution in [2.24, 2.45) is 5.92 Å². The molecule has 3 nitrogen and oxygen atoms in total. The summed E-state index contributed by atoms with van der Waals surface area (Å²) >= 11 is 0. The van der Waals surface area contributed by atoms with Crippen molar-refractivity contribution in [3.63, 3.8) is 0 Å². The van der Waals surface area contributed by atoms with Gasteiger partial charge in [-0.2, -0.15) is 0 Å². The van der Waals surface area contributed by atoms with Gasteiger partial charge in [0.1, 0.15) is 0 Å². The minimum atomic E-state index is 0.0807. The minimum Gasteiger partial charge on any atom is -0.332 e. The summed E-state index contributed by atoms with van der Waals surface area (Å²) in [5.74, 6) is 0.853. The van der Waals surface area contributed by atoms with Crippen molar-refractivity contribution in [3.8, 4) is 22.6 Å². The molecule has 0 aliphatic heterocycles. The summed E-state index contributed by atoms with van der Waals surface area (Å²) in [4.78, 5) is 10.5. The molecule has 53 heavy (non-hydrogen) atoms. The fourth-order valence-corrected chi connectivity index (χ4v) is 8.96. The van der Waals surface area contributed by atoms with Gasteiger partial charge >= 0.3 is 0 Å². The van der Waals surface area contributed by atoms with Gasteiger partial charge in [0, 0.05) is 33.4 Å². The summed E-state index contributed by atoms with van der Waals surface area (Å²) in [5, 5.41) is 7.70. The maximum absolute atomic E-state index is 5.33. The third-order valence-electron chi connectivity index (χ3n) is 11.4. The zero-order valence-electron chi connectivity index (χ0n) is 29.2. The summed E-state index contributed by atoms with van der Waals surface area (Å²) in [5.41, 5.74) is 11.7. The number of benzene rings is 6. The number of aromatic nitrogens is 3. The van der Waals surface area contributed by atoms with Crippen molar-refractivity contribution >= 4 is 55.0 Å². The number of fused-ring (bicyclic) bond motifs is 9. The monoisotopic (exact) mass is 677 g/mol. The van der Waals surface area contributed by atoms with Crippen molar-refractivity contribution in [2.75, 3.05) is 0 Å². The molecule has 0 saturated heterocycles. The van der Waals surface area contributed by atoms with Gasteiger partial charge in [-0.1, -0.05) is 152 Å². The Morgan fingerprint density at radius 1 is 0.585 bits per heavy atom. The second-order valence-electron chi connectivity index (χ2n) is 14.4. The average molecular weight is 678 g/mol. The molecule has 0 bridgehead atoms. The van der Waals surface area contributed by atoms with Gasteiger partial charge in [-0.05, 0) is 75.4 Å². The van der Waals surface area contributed by atoms with E-state index in [0.29, 0.717) is 0 Å². The van der Waals surface area contributed by atoms with E-state index in [1.54, 1.807) is 0 Å². The number of rotatable bonds is 4. The summed E-state index contributed by atoms with van der Waals surface area (Å²) in [6.07, 6.45) is 20.7. The second-order valence-corrected chi connectivity index (χ2v) is 14.4. The van der Waals surface area contributed by atoms with E-state index >= 15 is 0 Å². The predicted molar refractivity (Wildman–Crippen MR) is 222 cm³/mol. The van der Waals surface area contributed by atoms with E-state index in [1.165, 1.54) is 60.1 Å². The van der Waals surface area contributed by atoms with E-state index in [0.717, 1.165) is 46.8 Å². The van der Waals surface area contributed by atoms with E-state index in [2.05, 4.69) is 181 Å². The number of aryl methyl sites for hydroxylation is 1. The predicted octanol–water partition coefficient (Wildman–Crippen LogP) is 12.5. The van der Waals surface area contributed by atoms with Gasteiger partial charge in [0.15, 0.2) is 5.82 Å². The highest BCUT2D eigenvalue weighted by Crippen LogP contribution is 2.47. The maximum Gasteiger partial charge on any atom is 0.160 e. The first kappa shape index (κ1) is 30.1. The highest BCUT2D eigenvalue weighted by molar-refractivity contribution is 6.23. The molecule has 250 valence electrons. The normalized spacial score (nSPS) is 17.7. The Hall–Kier alpha value is -6.58.